The molecule has 0 saturated carbocycles. The lowest BCUT2D eigenvalue weighted by atomic mass is 9.80. The van der Waals surface area contributed by atoms with E-state index >= 15 is 0 Å². The van der Waals surface area contributed by atoms with Crippen molar-refractivity contribution in [3.8, 4) is 0 Å². The Bertz CT molecular complexity index is 1050. The highest BCUT2D eigenvalue weighted by atomic mass is 16.8. The molecule has 0 aromatic heterocycles. The molecule has 7 heteroatoms. The van der Waals surface area contributed by atoms with Crippen molar-refractivity contribution in [1.29, 1.82) is 0 Å². The number of ether oxygens (including phenoxy) is 4. The van der Waals surface area contributed by atoms with Crippen molar-refractivity contribution in [2.45, 2.75) is 49.8 Å². The monoisotopic (exact) mass is 457 g/mol. The molecule has 0 N–H and O–H groups in total. The maximum Gasteiger partial charge on any atom is 0.165 e. The van der Waals surface area contributed by atoms with E-state index in [0.717, 1.165) is 16.7 Å². The fourth-order valence-electron chi connectivity index (χ4n) is 4.91. The first-order valence-electron chi connectivity index (χ1n) is 11.4. The highest BCUT2D eigenvalue weighted by molar-refractivity contribution is 5.47. The molecular weight excluding hydrogens is 430 g/mol. The second kappa shape index (κ2) is 9.22. The van der Waals surface area contributed by atoms with E-state index in [9.17, 15) is 0 Å². The molecule has 4 atom stereocenters. The largest absolute Gasteiger partial charge is 0.361 e. The normalized spacial score (nSPS) is 25.5. The van der Waals surface area contributed by atoms with E-state index in [4.69, 9.17) is 24.5 Å². The smallest absolute Gasteiger partial charge is 0.165 e. The van der Waals surface area contributed by atoms with Gasteiger partial charge in [0.05, 0.1) is 6.61 Å². The van der Waals surface area contributed by atoms with Gasteiger partial charge in [-0.1, -0.05) is 96.1 Å². The van der Waals surface area contributed by atoms with Crippen LogP contribution in [0.1, 0.15) is 30.5 Å². The lowest BCUT2D eigenvalue weighted by Gasteiger charge is -2.37. The van der Waals surface area contributed by atoms with Gasteiger partial charge < -0.3 is 18.9 Å². The van der Waals surface area contributed by atoms with Crippen LogP contribution in [-0.2, 0) is 24.5 Å². The van der Waals surface area contributed by atoms with Crippen molar-refractivity contribution in [2.75, 3.05) is 6.61 Å². The molecule has 0 aliphatic carbocycles. The summed E-state index contributed by atoms with van der Waals surface area (Å²) in [7, 11) is 0. The minimum Gasteiger partial charge on any atom is -0.361 e. The summed E-state index contributed by atoms with van der Waals surface area (Å²) in [6, 6.07) is 30.4. The molecule has 2 heterocycles. The molecule has 0 unspecified atom stereocenters. The maximum absolute atomic E-state index is 9.02. The molecule has 174 valence electrons. The van der Waals surface area contributed by atoms with Gasteiger partial charge in [0.15, 0.2) is 12.0 Å². The summed E-state index contributed by atoms with van der Waals surface area (Å²) in [4.78, 5) is 2.94. The van der Waals surface area contributed by atoms with Crippen molar-refractivity contribution < 1.29 is 18.9 Å². The van der Waals surface area contributed by atoms with E-state index in [1.807, 2.05) is 68.4 Å². The SMILES string of the molecule is CC1(C)O[C@@H]2[C@H](O1)[C@@H](COC(c1ccccc1)(c1ccccc1)c1ccccc1)O[C@@H]2N=[N+]=[N-]. The molecule has 7 nitrogen and oxygen atoms in total. The average Bonchev–Trinajstić information content (AvgIpc) is 3.35. The summed E-state index contributed by atoms with van der Waals surface area (Å²) in [5, 5.41) is 3.80. The molecule has 2 aliphatic heterocycles. The second-order valence-electron chi connectivity index (χ2n) is 8.93. The van der Waals surface area contributed by atoms with Gasteiger partial charge in [0, 0.05) is 4.91 Å². The Morgan fingerprint density at radius 2 is 1.29 bits per heavy atom. The predicted octanol–water partition coefficient (Wildman–Crippen LogP) is 5.55. The summed E-state index contributed by atoms with van der Waals surface area (Å²) >= 11 is 0. The van der Waals surface area contributed by atoms with Crippen molar-refractivity contribution in [3.63, 3.8) is 0 Å². The fraction of sp³-hybridized carbons (Fsp3) is 0.333. The van der Waals surface area contributed by atoms with Gasteiger partial charge >= 0.3 is 0 Å². The molecule has 2 fully saturated rings. The highest BCUT2D eigenvalue weighted by Gasteiger charge is 2.55. The van der Waals surface area contributed by atoms with Crippen molar-refractivity contribution in [2.24, 2.45) is 5.11 Å². The van der Waals surface area contributed by atoms with E-state index in [2.05, 4.69) is 46.4 Å². The van der Waals surface area contributed by atoms with Crippen LogP contribution in [-0.4, -0.2) is 36.9 Å². The molecule has 0 spiro atoms. The Morgan fingerprint density at radius 1 is 0.824 bits per heavy atom. The van der Waals surface area contributed by atoms with Gasteiger partial charge in [0.25, 0.3) is 0 Å². The Morgan fingerprint density at radius 3 is 1.76 bits per heavy atom. The zero-order valence-corrected chi connectivity index (χ0v) is 19.2. The summed E-state index contributed by atoms with van der Waals surface area (Å²) in [5.74, 6) is -0.796. The molecule has 2 aliphatic rings. The first kappa shape index (κ1) is 22.6. The number of fused-ring (bicyclic) bond motifs is 1. The Labute approximate surface area is 198 Å². The maximum atomic E-state index is 9.02. The third-order valence-corrected chi connectivity index (χ3v) is 6.30. The number of hydrogen-bond acceptors (Lipinski definition) is 5. The Balaban J connectivity index is 1.55. The molecule has 0 radical (unpaired) electrons. The van der Waals surface area contributed by atoms with Crippen LogP contribution >= 0.6 is 0 Å². The Hall–Kier alpha value is -3.19. The molecule has 0 bridgehead atoms. The molecule has 3 aromatic carbocycles. The number of rotatable bonds is 7. The lowest BCUT2D eigenvalue weighted by molar-refractivity contribution is -0.194. The van der Waals surface area contributed by atoms with Gasteiger partial charge in [-0.3, -0.25) is 0 Å². The van der Waals surface area contributed by atoms with Crippen molar-refractivity contribution in [3.05, 3.63) is 118 Å². The number of nitrogens with zero attached hydrogens (tertiary/aromatic N) is 3. The van der Waals surface area contributed by atoms with Crippen LogP contribution in [0.4, 0.5) is 0 Å². The average molecular weight is 458 g/mol. The first-order chi connectivity index (χ1) is 16.5. The van der Waals surface area contributed by atoms with Gasteiger partial charge in [-0.15, -0.1) is 0 Å². The minimum absolute atomic E-state index is 0.205. The van der Waals surface area contributed by atoms with E-state index in [1.54, 1.807) is 0 Å². The van der Waals surface area contributed by atoms with E-state index in [-0.39, 0.29) is 6.61 Å². The molecule has 0 amide bonds. The van der Waals surface area contributed by atoms with Crippen LogP contribution in [0, 0.1) is 0 Å². The van der Waals surface area contributed by atoms with Crippen LogP contribution in [0.3, 0.4) is 0 Å². The standard InChI is InChI=1S/C27H27N3O4/c1-26(2)33-23-22(32-25(29-30-28)24(23)34-26)18-31-27(19-12-6-3-7-13-19,20-14-8-4-9-15-20)21-16-10-5-11-17-21/h3-17,22-25H,18H2,1-2H3/t22-,23-,24-,25+/m1/s1. The number of hydrogen-bond donors (Lipinski definition) is 0. The van der Waals surface area contributed by atoms with Gasteiger partial charge in [-0.2, -0.15) is 0 Å². The van der Waals surface area contributed by atoms with Crippen LogP contribution in [0.15, 0.2) is 96.1 Å². The number of benzene rings is 3. The molecule has 3 aromatic rings. The lowest BCUT2D eigenvalue weighted by Crippen LogP contribution is -2.39. The van der Waals surface area contributed by atoms with Crippen molar-refractivity contribution in [1.82, 2.24) is 0 Å². The molecular formula is C27H27N3O4. The molecule has 34 heavy (non-hydrogen) atoms. The van der Waals surface area contributed by atoms with Gasteiger partial charge in [-0.25, -0.2) is 0 Å². The molecule has 5 rings (SSSR count). The van der Waals surface area contributed by atoms with E-state index in [1.165, 1.54) is 0 Å². The van der Waals surface area contributed by atoms with Gasteiger partial charge in [-0.05, 0) is 36.1 Å². The van der Waals surface area contributed by atoms with Crippen LogP contribution in [0.2, 0.25) is 0 Å². The Kier molecular flexibility index (Phi) is 6.13. The number of azide groups is 1. The zero-order valence-electron chi connectivity index (χ0n) is 19.2. The quantitative estimate of drug-likeness (QED) is 0.201. The summed E-state index contributed by atoms with van der Waals surface area (Å²) in [6.45, 7) is 3.90. The van der Waals surface area contributed by atoms with Crippen LogP contribution in [0.5, 0.6) is 0 Å². The van der Waals surface area contributed by atoms with Gasteiger partial charge in [0.1, 0.15) is 23.9 Å². The van der Waals surface area contributed by atoms with Crippen molar-refractivity contribution >= 4 is 0 Å². The van der Waals surface area contributed by atoms with Crippen LogP contribution < -0.4 is 0 Å². The van der Waals surface area contributed by atoms with E-state index < -0.39 is 35.9 Å². The first-order valence-corrected chi connectivity index (χ1v) is 11.4. The summed E-state index contributed by atoms with van der Waals surface area (Å²) in [6.07, 6.45) is -2.15. The zero-order chi connectivity index (χ0) is 23.6. The second-order valence-corrected chi connectivity index (χ2v) is 8.93. The van der Waals surface area contributed by atoms with E-state index in [0.29, 0.717) is 0 Å². The third-order valence-electron chi connectivity index (χ3n) is 6.30. The predicted molar refractivity (Wildman–Crippen MR) is 127 cm³/mol. The third kappa shape index (κ3) is 4.09. The summed E-state index contributed by atoms with van der Waals surface area (Å²) in [5.41, 5.74) is 11.1. The van der Waals surface area contributed by atoms with Crippen LogP contribution in [0.25, 0.3) is 10.4 Å². The fourth-order valence-corrected chi connectivity index (χ4v) is 4.91. The van der Waals surface area contributed by atoms with Gasteiger partial charge in [0.2, 0.25) is 0 Å². The minimum atomic E-state index is -0.881. The molecule has 2 saturated heterocycles. The highest BCUT2D eigenvalue weighted by Crippen LogP contribution is 2.43. The summed E-state index contributed by atoms with van der Waals surface area (Å²) < 4.78 is 25.1. The topological polar surface area (TPSA) is 85.7 Å².